The molecule has 2 aromatic carbocycles. The zero-order valence-corrected chi connectivity index (χ0v) is 16.4. The molecule has 0 spiro atoms. The highest BCUT2D eigenvalue weighted by molar-refractivity contribution is 6.32. The number of anilines is 2. The third-order valence-electron chi connectivity index (χ3n) is 3.39. The van der Waals surface area contributed by atoms with Crippen LogP contribution in [-0.4, -0.2) is 37.8 Å². The van der Waals surface area contributed by atoms with Crippen molar-refractivity contribution >= 4 is 40.9 Å². The Kier molecular flexibility index (Phi) is 8.36. The van der Waals surface area contributed by atoms with Crippen molar-refractivity contribution in [2.45, 2.75) is 13.5 Å². The van der Waals surface area contributed by atoms with Crippen LogP contribution < -0.4 is 15.4 Å². The van der Waals surface area contributed by atoms with E-state index in [2.05, 4.69) is 15.4 Å². The van der Waals surface area contributed by atoms with Gasteiger partial charge in [0.15, 0.2) is 6.61 Å². The van der Waals surface area contributed by atoms with E-state index in [9.17, 15) is 23.2 Å². The summed E-state index contributed by atoms with van der Waals surface area (Å²) in [6.45, 7) is -1.80. The van der Waals surface area contributed by atoms with E-state index in [1.165, 1.54) is 30.3 Å². The largest absolute Gasteiger partial charge is 0.452 e. The van der Waals surface area contributed by atoms with Gasteiger partial charge in [-0.2, -0.15) is 8.78 Å². The summed E-state index contributed by atoms with van der Waals surface area (Å²) < 4.78 is 38.3. The van der Waals surface area contributed by atoms with Gasteiger partial charge in [0.05, 0.1) is 17.2 Å². The summed E-state index contributed by atoms with van der Waals surface area (Å²) in [5.74, 6) is -1.72. The first-order valence-corrected chi connectivity index (χ1v) is 8.91. The van der Waals surface area contributed by atoms with Gasteiger partial charge in [-0.15, -0.1) is 0 Å². The molecular formula is C19H17ClF2N2O6. The van der Waals surface area contributed by atoms with Crippen molar-refractivity contribution in [2.75, 3.05) is 23.8 Å². The predicted octanol–water partition coefficient (Wildman–Crippen LogP) is 4.31. The number of ether oxygens (including phenoxy) is 3. The number of nitrogens with one attached hydrogen (secondary N) is 2. The highest BCUT2D eigenvalue weighted by Crippen LogP contribution is 2.28. The fourth-order valence-electron chi connectivity index (χ4n) is 2.19. The van der Waals surface area contributed by atoms with Crippen LogP contribution in [0.1, 0.15) is 17.3 Å². The maximum absolute atomic E-state index is 12.2. The molecule has 0 fully saturated rings. The van der Waals surface area contributed by atoms with Gasteiger partial charge in [0.25, 0.3) is 5.91 Å². The fourth-order valence-corrected chi connectivity index (χ4v) is 2.42. The number of carbonyl (C=O) groups excluding carboxylic acids is 3. The lowest BCUT2D eigenvalue weighted by Crippen LogP contribution is -2.21. The second-order valence-electron chi connectivity index (χ2n) is 5.57. The van der Waals surface area contributed by atoms with Crippen molar-refractivity contribution in [3.05, 3.63) is 53.1 Å². The summed E-state index contributed by atoms with van der Waals surface area (Å²) in [7, 11) is 0. The number of amides is 2. The van der Waals surface area contributed by atoms with Crippen molar-refractivity contribution in [1.29, 1.82) is 0 Å². The number of alkyl halides is 2. The normalized spacial score (nSPS) is 10.3. The van der Waals surface area contributed by atoms with Gasteiger partial charge in [0.2, 0.25) is 0 Å². The van der Waals surface area contributed by atoms with Gasteiger partial charge in [-0.05, 0) is 43.3 Å². The Labute approximate surface area is 175 Å². The fraction of sp³-hybridized carbons (Fsp3) is 0.211. The Hall–Kier alpha value is -3.40. The zero-order valence-electron chi connectivity index (χ0n) is 15.6. The summed E-state index contributed by atoms with van der Waals surface area (Å²) in [6, 6.07) is 9.54. The number of esters is 1. The summed E-state index contributed by atoms with van der Waals surface area (Å²) in [6.07, 6.45) is -0.675. The molecule has 0 atom stereocenters. The summed E-state index contributed by atoms with van der Waals surface area (Å²) in [5, 5.41) is 4.72. The lowest BCUT2D eigenvalue weighted by atomic mass is 10.2. The van der Waals surface area contributed by atoms with Gasteiger partial charge in [-0.25, -0.2) is 9.59 Å². The van der Waals surface area contributed by atoms with E-state index in [4.69, 9.17) is 21.1 Å². The number of hydrogen-bond acceptors (Lipinski definition) is 6. The van der Waals surface area contributed by atoms with Crippen LogP contribution in [0.5, 0.6) is 5.75 Å². The highest BCUT2D eigenvalue weighted by atomic mass is 35.5. The number of benzene rings is 2. The molecule has 0 heterocycles. The number of hydrogen-bond donors (Lipinski definition) is 2. The monoisotopic (exact) mass is 442 g/mol. The molecular weight excluding hydrogens is 426 g/mol. The van der Waals surface area contributed by atoms with Crippen molar-refractivity contribution in [2.24, 2.45) is 0 Å². The molecule has 0 aliphatic rings. The van der Waals surface area contributed by atoms with Crippen molar-refractivity contribution < 1.29 is 37.4 Å². The summed E-state index contributed by atoms with van der Waals surface area (Å²) in [4.78, 5) is 35.5. The van der Waals surface area contributed by atoms with Crippen LogP contribution in [0.4, 0.5) is 25.0 Å². The molecule has 8 nitrogen and oxygen atoms in total. The molecule has 0 unspecified atom stereocenters. The molecule has 2 N–H and O–H groups in total. The number of halogens is 3. The average molecular weight is 443 g/mol. The lowest BCUT2D eigenvalue weighted by Gasteiger charge is -2.10. The van der Waals surface area contributed by atoms with Crippen molar-refractivity contribution in [3.8, 4) is 5.75 Å². The van der Waals surface area contributed by atoms with E-state index >= 15 is 0 Å². The minimum absolute atomic E-state index is 0.105. The second-order valence-corrected chi connectivity index (χ2v) is 5.98. The molecule has 2 rings (SSSR count). The van der Waals surface area contributed by atoms with Crippen LogP contribution >= 0.6 is 11.6 Å². The van der Waals surface area contributed by atoms with Gasteiger partial charge in [0, 0.05) is 11.4 Å². The first kappa shape index (κ1) is 22.9. The first-order valence-electron chi connectivity index (χ1n) is 8.53. The summed E-state index contributed by atoms with van der Waals surface area (Å²) >= 11 is 5.80. The topological polar surface area (TPSA) is 103 Å². The van der Waals surface area contributed by atoms with Crippen LogP contribution in [0.25, 0.3) is 0 Å². The Morgan fingerprint density at radius 3 is 2.43 bits per heavy atom. The highest BCUT2D eigenvalue weighted by Gasteiger charge is 2.13. The molecule has 0 aliphatic heterocycles. The van der Waals surface area contributed by atoms with E-state index in [0.29, 0.717) is 5.69 Å². The zero-order chi connectivity index (χ0) is 22.1. The van der Waals surface area contributed by atoms with Gasteiger partial charge in [-0.3, -0.25) is 10.1 Å². The molecule has 160 valence electrons. The van der Waals surface area contributed by atoms with E-state index in [1.807, 2.05) is 0 Å². The maximum atomic E-state index is 12.2. The summed E-state index contributed by atoms with van der Waals surface area (Å²) in [5.41, 5.74) is 0.616. The Morgan fingerprint density at radius 2 is 1.77 bits per heavy atom. The molecule has 2 aromatic rings. The molecule has 0 saturated heterocycles. The standard InChI is InChI=1S/C19H17ClF2N2O6/c1-2-28-19(27)24-12-5-3-4-11(8-12)17(26)29-10-16(25)23-13-6-7-15(14(20)9-13)30-18(21)22/h3-9,18H,2,10H2,1H3,(H,23,25)(H,24,27). The smallest absolute Gasteiger partial charge is 0.411 e. The minimum Gasteiger partial charge on any atom is -0.452 e. The number of rotatable bonds is 8. The van der Waals surface area contributed by atoms with E-state index in [1.54, 1.807) is 13.0 Å². The first-order chi connectivity index (χ1) is 14.3. The van der Waals surface area contributed by atoms with Crippen LogP contribution in [0.2, 0.25) is 5.02 Å². The van der Waals surface area contributed by atoms with Gasteiger partial charge >= 0.3 is 18.7 Å². The van der Waals surface area contributed by atoms with Crippen LogP contribution in [0, 0.1) is 0 Å². The molecule has 11 heteroatoms. The van der Waals surface area contributed by atoms with Crippen molar-refractivity contribution in [1.82, 2.24) is 0 Å². The van der Waals surface area contributed by atoms with E-state index in [-0.39, 0.29) is 28.6 Å². The third-order valence-corrected chi connectivity index (χ3v) is 3.68. The molecule has 0 aliphatic carbocycles. The van der Waals surface area contributed by atoms with Crippen LogP contribution in [0.3, 0.4) is 0 Å². The van der Waals surface area contributed by atoms with Crippen molar-refractivity contribution in [3.63, 3.8) is 0 Å². The number of carbonyl (C=O) groups is 3. The Bertz CT molecular complexity index is 926. The second kappa shape index (κ2) is 11.0. The third kappa shape index (κ3) is 7.21. The molecule has 0 saturated carbocycles. The van der Waals surface area contributed by atoms with Crippen LogP contribution in [-0.2, 0) is 14.3 Å². The van der Waals surface area contributed by atoms with Gasteiger partial charge in [0.1, 0.15) is 5.75 Å². The quantitative estimate of drug-likeness (QED) is 0.591. The molecule has 30 heavy (non-hydrogen) atoms. The maximum Gasteiger partial charge on any atom is 0.411 e. The molecule has 2 amide bonds. The van der Waals surface area contributed by atoms with Gasteiger partial charge < -0.3 is 19.5 Å². The predicted molar refractivity (Wildman–Crippen MR) is 104 cm³/mol. The Morgan fingerprint density at radius 1 is 1.03 bits per heavy atom. The lowest BCUT2D eigenvalue weighted by molar-refractivity contribution is -0.119. The molecule has 0 radical (unpaired) electrons. The minimum atomic E-state index is -3.03. The van der Waals surface area contributed by atoms with Gasteiger partial charge in [-0.1, -0.05) is 17.7 Å². The molecule has 0 aromatic heterocycles. The SMILES string of the molecule is CCOC(=O)Nc1cccc(C(=O)OCC(=O)Nc2ccc(OC(F)F)c(Cl)c2)c1. The Balaban J connectivity index is 1.89. The van der Waals surface area contributed by atoms with E-state index < -0.39 is 31.2 Å². The molecule has 0 bridgehead atoms. The average Bonchev–Trinajstić information content (AvgIpc) is 2.68. The van der Waals surface area contributed by atoms with E-state index in [0.717, 1.165) is 6.07 Å². The van der Waals surface area contributed by atoms with Crippen LogP contribution in [0.15, 0.2) is 42.5 Å².